The van der Waals surface area contributed by atoms with Crippen LogP contribution in [-0.2, 0) is 9.84 Å². The van der Waals surface area contributed by atoms with Crippen LogP contribution in [0.15, 0.2) is 29.2 Å². The van der Waals surface area contributed by atoms with E-state index < -0.39 is 32.6 Å². The van der Waals surface area contributed by atoms with Crippen molar-refractivity contribution in [2.24, 2.45) is 0 Å². The van der Waals surface area contributed by atoms with E-state index in [1.54, 1.807) is 0 Å². The van der Waals surface area contributed by atoms with Crippen LogP contribution < -0.4 is 0 Å². The second-order valence-electron chi connectivity index (χ2n) is 3.25. The summed E-state index contributed by atoms with van der Waals surface area (Å²) < 4.78 is 59.2. The van der Waals surface area contributed by atoms with E-state index in [0.29, 0.717) is 0 Å². The number of alkyl halides is 3. The minimum Gasteiger partial charge on any atom is -0.379 e. The summed E-state index contributed by atoms with van der Waals surface area (Å²) in [5.74, 6) is 0. The van der Waals surface area contributed by atoms with Gasteiger partial charge in [0.1, 0.15) is 0 Å². The molecule has 0 saturated heterocycles. The van der Waals surface area contributed by atoms with Gasteiger partial charge in [0.05, 0.1) is 4.90 Å². The van der Waals surface area contributed by atoms with Gasteiger partial charge in [-0.3, -0.25) is 0 Å². The predicted molar refractivity (Wildman–Crippen MR) is 50.6 cm³/mol. The van der Waals surface area contributed by atoms with Crippen molar-refractivity contribution in [1.29, 1.82) is 0 Å². The maximum absolute atomic E-state index is 12.3. The first-order valence-corrected chi connectivity index (χ1v) is 6.07. The molecule has 0 radical (unpaired) electrons. The molecule has 1 atom stereocenters. The summed E-state index contributed by atoms with van der Waals surface area (Å²) in [4.78, 5) is -0.514. The Labute approximate surface area is 90.4 Å². The third-order valence-electron chi connectivity index (χ3n) is 1.92. The molecule has 1 N–H and O–H groups in total. The molecule has 1 rings (SSSR count). The third-order valence-corrected chi connectivity index (χ3v) is 3.09. The van der Waals surface area contributed by atoms with E-state index in [1.165, 1.54) is 12.1 Å². The molecule has 3 nitrogen and oxygen atoms in total. The average molecular weight is 254 g/mol. The van der Waals surface area contributed by atoms with Gasteiger partial charge in [0, 0.05) is 11.8 Å². The van der Waals surface area contributed by atoms with Crippen LogP contribution in [-0.4, -0.2) is 26.0 Å². The number of halogens is 3. The Kier molecular flexibility index (Phi) is 3.30. The van der Waals surface area contributed by atoms with Crippen LogP contribution in [0.1, 0.15) is 11.7 Å². The van der Waals surface area contributed by atoms with Crippen LogP contribution >= 0.6 is 0 Å². The summed E-state index contributed by atoms with van der Waals surface area (Å²) in [6.07, 6.45) is -6.89. The second kappa shape index (κ2) is 4.06. The molecule has 0 aliphatic carbocycles. The van der Waals surface area contributed by atoms with Crippen molar-refractivity contribution in [3.05, 3.63) is 29.8 Å². The molecule has 7 heteroatoms. The molecule has 1 aromatic rings. The first-order valence-electron chi connectivity index (χ1n) is 4.18. The quantitative estimate of drug-likeness (QED) is 0.873. The van der Waals surface area contributed by atoms with Gasteiger partial charge >= 0.3 is 6.18 Å². The van der Waals surface area contributed by atoms with E-state index in [1.807, 2.05) is 0 Å². The lowest BCUT2D eigenvalue weighted by Crippen LogP contribution is -2.22. The van der Waals surface area contributed by atoms with Crippen molar-refractivity contribution in [1.82, 2.24) is 0 Å². The fourth-order valence-electron chi connectivity index (χ4n) is 1.22. The molecule has 90 valence electrons. The molecule has 0 fully saturated rings. The lowest BCUT2D eigenvalue weighted by Gasteiger charge is -2.17. The summed E-state index contributed by atoms with van der Waals surface area (Å²) in [7, 11) is -3.80. The van der Waals surface area contributed by atoms with Crippen LogP contribution in [0.5, 0.6) is 0 Å². The van der Waals surface area contributed by atoms with Gasteiger partial charge in [0.15, 0.2) is 15.9 Å². The van der Waals surface area contributed by atoms with Gasteiger partial charge in [0.2, 0.25) is 0 Å². The zero-order chi connectivity index (χ0) is 12.6. The fourth-order valence-corrected chi connectivity index (χ4v) is 2.15. The molecule has 0 aromatic heterocycles. The molecule has 0 amide bonds. The van der Waals surface area contributed by atoms with Crippen LogP contribution in [0.2, 0.25) is 0 Å². The highest BCUT2D eigenvalue weighted by Crippen LogP contribution is 2.35. The number of sulfone groups is 1. The van der Waals surface area contributed by atoms with Gasteiger partial charge in [-0.1, -0.05) is 18.2 Å². The average Bonchev–Trinajstić information content (AvgIpc) is 2.14. The molecule has 1 aromatic carbocycles. The summed E-state index contributed by atoms with van der Waals surface area (Å²) in [6, 6.07) is 4.50. The van der Waals surface area contributed by atoms with Crippen LogP contribution in [0.3, 0.4) is 0 Å². The van der Waals surface area contributed by atoms with Gasteiger partial charge in [-0.15, -0.1) is 0 Å². The highest BCUT2D eigenvalue weighted by atomic mass is 32.2. The molecular formula is C9H9F3O3S. The Balaban J connectivity index is 3.36. The molecule has 0 bridgehead atoms. The molecule has 0 saturated carbocycles. The standard InChI is InChI=1S/C9H9F3O3S/c1-16(14,15)7-5-3-2-4-6(7)8(13)9(10,11)12/h2-5,8,13H,1H3. The third kappa shape index (κ3) is 2.73. The van der Waals surface area contributed by atoms with Crippen molar-refractivity contribution in [2.75, 3.05) is 6.26 Å². The Morgan fingerprint density at radius 2 is 1.75 bits per heavy atom. The number of aliphatic hydroxyl groups is 1. The topological polar surface area (TPSA) is 54.4 Å². The second-order valence-corrected chi connectivity index (χ2v) is 5.24. The molecule has 1 unspecified atom stereocenters. The summed E-state index contributed by atoms with van der Waals surface area (Å²) >= 11 is 0. The minimum atomic E-state index is -4.89. The lowest BCUT2D eigenvalue weighted by molar-refractivity contribution is -0.207. The molecular weight excluding hydrogens is 245 g/mol. The fraction of sp³-hybridized carbons (Fsp3) is 0.333. The summed E-state index contributed by atoms with van der Waals surface area (Å²) in [5.41, 5.74) is -0.655. The smallest absolute Gasteiger partial charge is 0.379 e. The van der Waals surface area contributed by atoms with Gasteiger partial charge in [-0.2, -0.15) is 13.2 Å². The lowest BCUT2D eigenvalue weighted by atomic mass is 10.1. The number of benzene rings is 1. The van der Waals surface area contributed by atoms with Crippen molar-refractivity contribution < 1.29 is 26.7 Å². The summed E-state index contributed by atoms with van der Waals surface area (Å²) in [5, 5.41) is 9.01. The van der Waals surface area contributed by atoms with E-state index in [-0.39, 0.29) is 0 Å². The number of aliphatic hydroxyl groups excluding tert-OH is 1. The Morgan fingerprint density at radius 3 is 2.19 bits per heavy atom. The monoisotopic (exact) mass is 254 g/mol. The molecule has 0 spiro atoms. The number of hydrogen-bond donors (Lipinski definition) is 1. The van der Waals surface area contributed by atoms with Crippen LogP contribution in [0.4, 0.5) is 13.2 Å². The van der Waals surface area contributed by atoms with Crippen LogP contribution in [0.25, 0.3) is 0 Å². The Hall–Kier alpha value is -1.08. The maximum Gasteiger partial charge on any atom is 0.418 e. The zero-order valence-electron chi connectivity index (χ0n) is 8.19. The highest BCUT2D eigenvalue weighted by Gasteiger charge is 2.41. The Morgan fingerprint density at radius 1 is 1.25 bits per heavy atom. The zero-order valence-corrected chi connectivity index (χ0v) is 9.01. The van der Waals surface area contributed by atoms with Crippen molar-refractivity contribution >= 4 is 9.84 Å². The van der Waals surface area contributed by atoms with E-state index in [4.69, 9.17) is 5.11 Å². The van der Waals surface area contributed by atoms with Gasteiger partial charge in [0.25, 0.3) is 0 Å². The van der Waals surface area contributed by atoms with Crippen molar-refractivity contribution in [3.8, 4) is 0 Å². The SMILES string of the molecule is CS(=O)(=O)c1ccccc1C(O)C(F)(F)F. The number of hydrogen-bond acceptors (Lipinski definition) is 3. The molecule has 0 heterocycles. The van der Waals surface area contributed by atoms with Crippen LogP contribution in [0, 0.1) is 0 Å². The van der Waals surface area contributed by atoms with Gasteiger partial charge < -0.3 is 5.11 Å². The maximum atomic E-state index is 12.3. The first kappa shape index (κ1) is 13.0. The van der Waals surface area contributed by atoms with Gasteiger partial charge in [-0.05, 0) is 6.07 Å². The summed E-state index contributed by atoms with van der Waals surface area (Å²) in [6.45, 7) is 0. The van der Waals surface area contributed by atoms with E-state index in [0.717, 1.165) is 18.4 Å². The first-order chi connectivity index (χ1) is 7.14. The predicted octanol–water partition coefficient (Wildman–Crippen LogP) is 1.69. The largest absolute Gasteiger partial charge is 0.418 e. The Bertz CT molecular complexity index is 479. The van der Waals surface area contributed by atoms with E-state index >= 15 is 0 Å². The van der Waals surface area contributed by atoms with E-state index in [2.05, 4.69) is 0 Å². The molecule has 0 aliphatic rings. The van der Waals surface area contributed by atoms with E-state index in [9.17, 15) is 21.6 Å². The number of rotatable bonds is 2. The highest BCUT2D eigenvalue weighted by molar-refractivity contribution is 7.90. The van der Waals surface area contributed by atoms with Gasteiger partial charge in [-0.25, -0.2) is 8.42 Å². The molecule has 0 aliphatic heterocycles. The van der Waals surface area contributed by atoms with Crippen molar-refractivity contribution in [3.63, 3.8) is 0 Å². The normalized spacial score (nSPS) is 14.8. The minimum absolute atomic E-state index is 0.514. The molecule has 16 heavy (non-hydrogen) atoms. The van der Waals surface area contributed by atoms with Crippen molar-refractivity contribution in [2.45, 2.75) is 17.2 Å².